The molecule has 1 N–H and O–H groups in total. The summed E-state index contributed by atoms with van der Waals surface area (Å²) in [5.41, 5.74) is 1.77. The highest BCUT2D eigenvalue weighted by molar-refractivity contribution is 5.91. The smallest absolute Gasteiger partial charge is 0.335 e. The van der Waals surface area contributed by atoms with E-state index in [9.17, 15) is 14.7 Å². The van der Waals surface area contributed by atoms with Crippen LogP contribution in [0.15, 0.2) is 48.5 Å². The number of carbonyl (C=O) groups excluding carboxylic acids is 1. The van der Waals surface area contributed by atoms with Gasteiger partial charge in [-0.1, -0.05) is 57.2 Å². The van der Waals surface area contributed by atoms with E-state index in [2.05, 4.69) is 20.8 Å². The maximum absolute atomic E-state index is 12.4. The Morgan fingerprint density at radius 1 is 1.04 bits per heavy atom. The first-order valence-corrected chi connectivity index (χ1v) is 8.97. The molecule has 2 rings (SSSR count). The van der Waals surface area contributed by atoms with Crippen molar-refractivity contribution < 1.29 is 19.4 Å². The third-order valence-electron chi connectivity index (χ3n) is 4.39. The van der Waals surface area contributed by atoms with E-state index in [1.165, 1.54) is 6.07 Å². The minimum atomic E-state index is -1.02. The molecular weight excluding hydrogens is 342 g/mol. The van der Waals surface area contributed by atoms with Gasteiger partial charge < -0.3 is 14.7 Å². The summed E-state index contributed by atoms with van der Waals surface area (Å²) in [4.78, 5) is 25.3. The molecule has 144 valence electrons. The molecule has 0 heterocycles. The summed E-state index contributed by atoms with van der Waals surface area (Å²) in [5, 5.41) is 9.23. The highest BCUT2D eigenvalue weighted by Gasteiger charge is 2.19. The van der Waals surface area contributed by atoms with E-state index in [1.54, 1.807) is 30.1 Å². The van der Waals surface area contributed by atoms with Crippen LogP contribution in [0.5, 0.6) is 5.75 Å². The van der Waals surface area contributed by atoms with Gasteiger partial charge in [0.15, 0.2) is 0 Å². The third-order valence-corrected chi connectivity index (χ3v) is 4.39. The molecule has 0 radical (unpaired) electrons. The highest BCUT2D eigenvalue weighted by atomic mass is 16.5. The van der Waals surface area contributed by atoms with E-state index >= 15 is 0 Å². The first-order valence-electron chi connectivity index (χ1n) is 8.97. The van der Waals surface area contributed by atoms with Crippen molar-refractivity contribution in [3.8, 4) is 5.75 Å². The molecule has 0 saturated heterocycles. The standard InChI is InChI=1S/C22H27NO4/c1-22(2,3)18-11-7-8-12-19(18)27-14-13-23(4)20(24)15-16-9-5-6-10-17(16)21(25)26/h5-12H,13-15H2,1-4H3,(H,25,26). The lowest BCUT2D eigenvalue weighted by Gasteiger charge is -2.24. The topological polar surface area (TPSA) is 66.8 Å². The summed E-state index contributed by atoms with van der Waals surface area (Å²) in [5.74, 6) is -0.346. The first-order chi connectivity index (χ1) is 12.7. The second kappa shape index (κ2) is 8.71. The van der Waals surface area contributed by atoms with Gasteiger partial charge in [-0.3, -0.25) is 4.79 Å². The van der Waals surface area contributed by atoms with Gasteiger partial charge in [-0.25, -0.2) is 4.79 Å². The molecule has 2 aromatic carbocycles. The van der Waals surface area contributed by atoms with E-state index in [0.29, 0.717) is 18.7 Å². The molecule has 0 aliphatic heterocycles. The molecule has 1 amide bonds. The quantitative estimate of drug-likeness (QED) is 0.807. The number of carboxylic acid groups (broad SMARTS) is 1. The maximum atomic E-state index is 12.4. The van der Waals surface area contributed by atoms with E-state index in [1.807, 2.05) is 24.3 Å². The molecule has 0 bridgehead atoms. The molecule has 27 heavy (non-hydrogen) atoms. The minimum absolute atomic E-state index is 0.0289. The second-order valence-corrected chi connectivity index (χ2v) is 7.55. The van der Waals surface area contributed by atoms with Gasteiger partial charge >= 0.3 is 5.97 Å². The molecule has 0 unspecified atom stereocenters. The molecule has 5 nitrogen and oxygen atoms in total. The van der Waals surface area contributed by atoms with Crippen molar-refractivity contribution in [1.29, 1.82) is 0 Å². The van der Waals surface area contributed by atoms with E-state index < -0.39 is 5.97 Å². The molecule has 0 atom stereocenters. The summed E-state index contributed by atoms with van der Waals surface area (Å²) in [6.07, 6.45) is 0.0531. The zero-order chi connectivity index (χ0) is 20.0. The molecule has 2 aromatic rings. The van der Waals surface area contributed by atoms with Gasteiger partial charge in [-0.2, -0.15) is 0 Å². The molecule has 0 saturated carbocycles. The number of hydrogen-bond acceptors (Lipinski definition) is 3. The Bertz CT molecular complexity index is 808. The van der Waals surface area contributed by atoms with Crippen LogP contribution in [0, 0.1) is 0 Å². The molecule has 0 aliphatic rings. The van der Waals surface area contributed by atoms with Crippen LogP contribution in [0.25, 0.3) is 0 Å². The lowest BCUT2D eigenvalue weighted by atomic mass is 9.86. The number of likely N-dealkylation sites (N-methyl/N-ethyl adjacent to an activating group) is 1. The number of para-hydroxylation sites is 1. The fourth-order valence-electron chi connectivity index (χ4n) is 2.81. The lowest BCUT2D eigenvalue weighted by molar-refractivity contribution is -0.129. The van der Waals surface area contributed by atoms with Crippen LogP contribution < -0.4 is 4.74 Å². The van der Waals surface area contributed by atoms with Crippen LogP contribution in [0.1, 0.15) is 42.3 Å². The number of nitrogens with zero attached hydrogens (tertiary/aromatic N) is 1. The molecular formula is C22H27NO4. The van der Waals surface area contributed by atoms with Crippen molar-refractivity contribution in [2.45, 2.75) is 32.6 Å². The Morgan fingerprint density at radius 3 is 2.33 bits per heavy atom. The van der Waals surface area contributed by atoms with Crippen LogP contribution in [0.2, 0.25) is 0 Å². The predicted molar refractivity (Wildman–Crippen MR) is 105 cm³/mol. The van der Waals surface area contributed by atoms with Crippen molar-refractivity contribution in [2.75, 3.05) is 20.2 Å². The zero-order valence-corrected chi connectivity index (χ0v) is 16.4. The number of hydrogen-bond donors (Lipinski definition) is 1. The van der Waals surface area contributed by atoms with Crippen molar-refractivity contribution in [3.63, 3.8) is 0 Å². The van der Waals surface area contributed by atoms with E-state index in [4.69, 9.17) is 4.74 Å². The second-order valence-electron chi connectivity index (χ2n) is 7.55. The number of benzene rings is 2. The zero-order valence-electron chi connectivity index (χ0n) is 16.4. The average molecular weight is 369 g/mol. The Balaban J connectivity index is 1.94. The lowest BCUT2D eigenvalue weighted by Crippen LogP contribution is -2.32. The fraction of sp³-hybridized carbons (Fsp3) is 0.364. The average Bonchev–Trinajstić information content (AvgIpc) is 2.61. The number of rotatable bonds is 7. The SMILES string of the molecule is CN(CCOc1ccccc1C(C)(C)C)C(=O)Cc1ccccc1C(=O)O. The monoisotopic (exact) mass is 369 g/mol. The van der Waals surface area contributed by atoms with Crippen molar-refractivity contribution in [2.24, 2.45) is 0 Å². The van der Waals surface area contributed by atoms with Gasteiger partial charge in [0.2, 0.25) is 5.91 Å². The predicted octanol–water partition coefficient (Wildman–Crippen LogP) is 3.76. The maximum Gasteiger partial charge on any atom is 0.335 e. The number of amides is 1. The normalized spacial score (nSPS) is 11.1. The Hall–Kier alpha value is -2.82. The van der Waals surface area contributed by atoms with Gasteiger partial charge in [0.25, 0.3) is 0 Å². The van der Waals surface area contributed by atoms with Crippen LogP contribution in [0.3, 0.4) is 0 Å². The fourth-order valence-corrected chi connectivity index (χ4v) is 2.81. The largest absolute Gasteiger partial charge is 0.491 e. The van der Waals surface area contributed by atoms with Gasteiger partial charge in [0.1, 0.15) is 12.4 Å². The van der Waals surface area contributed by atoms with Crippen molar-refractivity contribution in [3.05, 3.63) is 65.2 Å². The molecule has 0 aromatic heterocycles. The van der Waals surface area contributed by atoms with Gasteiger partial charge in [0, 0.05) is 7.05 Å². The van der Waals surface area contributed by atoms with Crippen molar-refractivity contribution >= 4 is 11.9 Å². The molecule has 5 heteroatoms. The summed E-state index contributed by atoms with van der Waals surface area (Å²) in [6, 6.07) is 14.5. The molecule has 0 spiro atoms. The summed E-state index contributed by atoms with van der Waals surface area (Å²) < 4.78 is 5.91. The van der Waals surface area contributed by atoms with Crippen molar-refractivity contribution in [1.82, 2.24) is 4.90 Å². The number of carbonyl (C=O) groups is 2. The molecule has 0 fully saturated rings. The van der Waals surface area contributed by atoms with Crippen LogP contribution >= 0.6 is 0 Å². The summed E-state index contributed by atoms with van der Waals surface area (Å²) in [7, 11) is 1.70. The number of carboxylic acids is 1. The summed E-state index contributed by atoms with van der Waals surface area (Å²) >= 11 is 0. The van der Waals surface area contributed by atoms with E-state index in [0.717, 1.165) is 11.3 Å². The van der Waals surface area contributed by atoms with E-state index in [-0.39, 0.29) is 23.3 Å². The van der Waals surface area contributed by atoms with Gasteiger partial charge in [-0.15, -0.1) is 0 Å². The molecule has 0 aliphatic carbocycles. The number of ether oxygens (including phenoxy) is 1. The summed E-state index contributed by atoms with van der Waals surface area (Å²) in [6.45, 7) is 7.18. The van der Waals surface area contributed by atoms with Crippen LogP contribution in [-0.2, 0) is 16.6 Å². The third kappa shape index (κ3) is 5.58. The Labute approximate surface area is 160 Å². The Kier molecular flexibility index (Phi) is 6.61. The van der Waals surface area contributed by atoms with Gasteiger partial charge in [0.05, 0.1) is 18.5 Å². The van der Waals surface area contributed by atoms with Crippen LogP contribution in [0.4, 0.5) is 0 Å². The van der Waals surface area contributed by atoms with Crippen LogP contribution in [-0.4, -0.2) is 42.1 Å². The van der Waals surface area contributed by atoms with Gasteiger partial charge in [-0.05, 0) is 28.7 Å². The first kappa shape index (κ1) is 20.5. The number of aromatic carboxylic acids is 1. The minimum Gasteiger partial charge on any atom is -0.491 e. The highest BCUT2D eigenvalue weighted by Crippen LogP contribution is 2.30. The Morgan fingerprint density at radius 2 is 1.67 bits per heavy atom.